The zero-order chi connectivity index (χ0) is 12.3. The molecule has 1 atom stereocenters. The first-order valence-corrected chi connectivity index (χ1v) is 6.32. The van der Waals surface area contributed by atoms with Gasteiger partial charge in [0.1, 0.15) is 0 Å². The van der Waals surface area contributed by atoms with Crippen LogP contribution in [0.25, 0.3) is 0 Å². The average molecular weight is 235 g/mol. The fourth-order valence-corrected chi connectivity index (χ4v) is 2.15. The highest BCUT2D eigenvalue weighted by atomic mass is 16.3. The Morgan fingerprint density at radius 1 is 1.29 bits per heavy atom. The smallest absolute Gasteiger partial charge is 0.0931 e. The number of piperazine rings is 1. The molecule has 4 nitrogen and oxygen atoms in total. The number of anilines is 1. The molecular weight excluding hydrogens is 214 g/mol. The molecule has 0 radical (unpaired) electrons. The van der Waals surface area contributed by atoms with Crippen molar-refractivity contribution in [2.75, 3.05) is 37.6 Å². The van der Waals surface area contributed by atoms with E-state index in [9.17, 15) is 5.11 Å². The molecule has 0 amide bonds. The van der Waals surface area contributed by atoms with Crippen LogP contribution in [0, 0.1) is 0 Å². The van der Waals surface area contributed by atoms with E-state index in [1.165, 1.54) is 0 Å². The van der Waals surface area contributed by atoms with Gasteiger partial charge >= 0.3 is 0 Å². The first-order valence-electron chi connectivity index (χ1n) is 6.32. The number of pyridine rings is 1. The summed E-state index contributed by atoms with van der Waals surface area (Å²) in [6.45, 7) is 9.43. The maximum absolute atomic E-state index is 9.41. The van der Waals surface area contributed by atoms with Gasteiger partial charge in [-0.25, -0.2) is 0 Å². The molecule has 4 heteroatoms. The van der Waals surface area contributed by atoms with Crippen molar-refractivity contribution >= 4 is 5.69 Å². The van der Waals surface area contributed by atoms with E-state index in [0.717, 1.165) is 44.1 Å². The van der Waals surface area contributed by atoms with Crippen LogP contribution in [-0.4, -0.2) is 47.7 Å². The second-order valence-electron chi connectivity index (χ2n) is 4.54. The van der Waals surface area contributed by atoms with Gasteiger partial charge in [-0.05, 0) is 25.6 Å². The molecule has 1 aromatic rings. The lowest BCUT2D eigenvalue weighted by molar-refractivity contribution is 0.194. The van der Waals surface area contributed by atoms with E-state index in [2.05, 4.69) is 27.8 Å². The maximum atomic E-state index is 9.41. The van der Waals surface area contributed by atoms with Gasteiger partial charge in [0, 0.05) is 26.2 Å². The zero-order valence-electron chi connectivity index (χ0n) is 10.6. The van der Waals surface area contributed by atoms with Gasteiger partial charge in [0.2, 0.25) is 0 Å². The van der Waals surface area contributed by atoms with Crippen molar-refractivity contribution < 1.29 is 5.11 Å². The quantitative estimate of drug-likeness (QED) is 0.856. The Morgan fingerprint density at radius 2 is 2.00 bits per heavy atom. The Kier molecular flexibility index (Phi) is 3.97. The number of aromatic nitrogens is 1. The van der Waals surface area contributed by atoms with Crippen molar-refractivity contribution in [3.05, 3.63) is 24.0 Å². The number of aliphatic hydroxyl groups excluding tert-OH is 1. The monoisotopic (exact) mass is 235 g/mol. The molecule has 2 heterocycles. The molecule has 94 valence electrons. The van der Waals surface area contributed by atoms with Gasteiger partial charge in [0.15, 0.2) is 0 Å². The molecule has 1 aromatic heterocycles. The highest BCUT2D eigenvalue weighted by Crippen LogP contribution is 2.17. The fourth-order valence-electron chi connectivity index (χ4n) is 2.15. The third kappa shape index (κ3) is 2.96. The normalized spacial score (nSPS) is 19.4. The van der Waals surface area contributed by atoms with Gasteiger partial charge in [0.05, 0.1) is 23.7 Å². The number of likely N-dealkylation sites (N-methyl/N-ethyl adjacent to an activating group) is 1. The predicted octanol–water partition coefficient (Wildman–Crippen LogP) is 1.28. The van der Waals surface area contributed by atoms with Crippen molar-refractivity contribution in [3.63, 3.8) is 0 Å². The van der Waals surface area contributed by atoms with Crippen LogP contribution in [0.1, 0.15) is 25.6 Å². The van der Waals surface area contributed by atoms with E-state index in [1.54, 1.807) is 6.92 Å². The van der Waals surface area contributed by atoms with Crippen LogP contribution in [0.3, 0.4) is 0 Å². The van der Waals surface area contributed by atoms with E-state index in [0.29, 0.717) is 0 Å². The van der Waals surface area contributed by atoms with Gasteiger partial charge in [-0.2, -0.15) is 0 Å². The lowest BCUT2D eigenvalue weighted by atomic mass is 10.2. The van der Waals surface area contributed by atoms with Gasteiger partial charge in [-0.15, -0.1) is 0 Å². The topological polar surface area (TPSA) is 39.6 Å². The Hall–Kier alpha value is -1.13. The van der Waals surface area contributed by atoms with Crippen LogP contribution >= 0.6 is 0 Å². The van der Waals surface area contributed by atoms with Crippen molar-refractivity contribution in [1.82, 2.24) is 9.88 Å². The molecule has 0 saturated carbocycles. The molecule has 1 fully saturated rings. The van der Waals surface area contributed by atoms with E-state index in [1.807, 2.05) is 12.3 Å². The molecule has 1 N–H and O–H groups in total. The van der Waals surface area contributed by atoms with E-state index < -0.39 is 6.10 Å². The summed E-state index contributed by atoms with van der Waals surface area (Å²) in [4.78, 5) is 9.09. The Bertz CT molecular complexity index is 342. The zero-order valence-corrected chi connectivity index (χ0v) is 10.6. The maximum Gasteiger partial charge on any atom is 0.0931 e. The van der Waals surface area contributed by atoms with Crippen LogP contribution in [0.4, 0.5) is 5.69 Å². The number of nitrogens with zero attached hydrogens (tertiary/aromatic N) is 3. The molecule has 1 aliphatic heterocycles. The first kappa shape index (κ1) is 12.3. The van der Waals surface area contributed by atoms with E-state index in [4.69, 9.17) is 0 Å². The van der Waals surface area contributed by atoms with E-state index in [-0.39, 0.29) is 0 Å². The average Bonchev–Trinajstić information content (AvgIpc) is 2.39. The van der Waals surface area contributed by atoms with Gasteiger partial charge in [-0.3, -0.25) is 4.98 Å². The first-order chi connectivity index (χ1) is 8.20. The minimum absolute atomic E-state index is 0.485. The molecule has 1 saturated heterocycles. The highest BCUT2D eigenvalue weighted by molar-refractivity contribution is 5.45. The molecule has 17 heavy (non-hydrogen) atoms. The standard InChI is InChI=1S/C13H21N3O/c1-3-15-6-8-16(9-7-15)12-4-5-13(11(2)17)14-10-12/h4-5,10-11,17H,3,6-9H2,1-2H3/t11-/m1/s1. The van der Waals surface area contributed by atoms with Crippen LogP contribution < -0.4 is 4.90 Å². The molecular formula is C13H21N3O. The van der Waals surface area contributed by atoms with Crippen molar-refractivity contribution in [1.29, 1.82) is 0 Å². The molecule has 0 aromatic carbocycles. The lowest BCUT2D eigenvalue weighted by Gasteiger charge is -2.35. The summed E-state index contributed by atoms with van der Waals surface area (Å²) >= 11 is 0. The van der Waals surface area contributed by atoms with Crippen LogP contribution in [-0.2, 0) is 0 Å². The summed E-state index contributed by atoms with van der Waals surface area (Å²) in [6.07, 6.45) is 1.38. The summed E-state index contributed by atoms with van der Waals surface area (Å²) in [5.41, 5.74) is 1.89. The summed E-state index contributed by atoms with van der Waals surface area (Å²) < 4.78 is 0. The number of rotatable bonds is 3. The molecule has 0 bridgehead atoms. The Labute approximate surface area is 103 Å². The van der Waals surface area contributed by atoms with Gasteiger partial charge in [-0.1, -0.05) is 6.92 Å². The lowest BCUT2D eigenvalue weighted by Crippen LogP contribution is -2.46. The van der Waals surface area contributed by atoms with Crippen molar-refractivity contribution in [2.24, 2.45) is 0 Å². The summed E-state index contributed by atoms with van der Waals surface area (Å²) in [5.74, 6) is 0. The Morgan fingerprint density at radius 3 is 2.47 bits per heavy atom. The summed E-state index contributed by atoms with van der Waals surface area (Å²) in [5, 5.41) is 9.41. The number of hydrogen-bond acceptors (Lipinski definition) is 4. The highest BCUT2D eigenvalue weighted by Gasteiger charge is 2.16. The molecule has 2 rings (SSSR count). The third-order valence-electron chi connectivity index (χ3n) is 3.38. The van der Waals surface area contributed by atoms with E-state index >= 15 is 0 Å². The van der Waals surface area contributed by atoms with Crippen molar-refractivity contribution in [3.8, 4) is 0 Å². The van der Waals surface area contributed by atoms with Crippen LogP contribution in [0.15, 0.2) is 18.3 Å². The minimum Gasteiger partial charge on any atom is -0.387 e. The van der Waals surface area contributed by atoms with Gasteiger partial charge in [0.25, 0.3) is 0 Å². The molecule has 0 unspecified atom stereocenters. The second kappa shape index (κ2) is 5.47. The third-order valence-corrected chi connectivity index (χ3v) is 3.38. The minimum atomic E-state index is -0.485. The molecule has 1 aliphatic rings. The van der Waals surface area contributed by atoms with Crippen LogP contribution in [0.2, 0.25) is 0 Å². The van der Waals surface area contributed by atoms with Crippen molar-refractivity contribution in [2.45, 2.75) is 20.0 Å². The summed E-state index contributed by atoms with van der Waals surface area (Å²) in [7, 11) is 0. The number of hydrogen-bond donors (Lipinski definition) is 1. The SMILES string of the molecule is CCN1CCN(c2ccc([C@@H](C)O)nc2)CC1. The fraction of sp³-hybridized carbons (Fsp3) is 0.615. The Balaban J connectivity index is 1.99. The largest absolute Gasteiger partial charge is 0.387 e. The predicted molar refractivity (Wildman–Crippen MR) is 69.2 cm³/mol. The second-order valence-corrected chi connectivity index (χ2v) is 4.54. The summed E-state index contributed by atoms with van der Waals surface area (Å²) in [6, 6.07) is 3.96. The molecule has 0 spiro atoms. The van der Waals surface area contributed by atoms with Gasteiger partial charge < -0.3 is 14.9 Å². The molecule has 0 aliphatic carbocycles. The van der Waals surface area contributed by atoms with Crippen LogP contribution in [0.5, 0.6) is 0 Å². The number of aliphatic hydroxyl groups is 1.